The fourth-order valence-corrected chi connectivity index (χ4v) is 1.72. The van der Waals surface area contributed by atoms with E-state index in [1.807, 2.05) is 0 Å². The quantitative estimate of drug-likeness (QED) is 0.830. The van der Waals surface area contributed by atoms with Gasteiger partial charge in [-0.15, -0.1) is 0 Å². The lowest BCUT2D eigenvalue weighted by Crippen LogP contribution is -2.15. The van der Waals surface area contributed by atoms with Gasteiger partial charge in [-0.25, -0.2) is 4.39 Å². The van der Waals surface area contributed by atoms with E-state index in [1.54, 1.807) is 6.07 Å². The van der Waals surface area contributed by atoms with Crippen molar-refractivity contribution in [2.75, 3.05) is 19.8 Å². The summed E-state index contributed by atoms with van der Waals surface area (Å²) >= 11 is 0. The van der Waals surface area contributed by atoms with Gasteiger partial charge in [0, 0.05) is 24.5 Å². The molecule has 0 amide bonds. The van der Waals surface area contributed by atoms with Crippen LogP contribution in [0.1, 0.15) is 18.4 Å². The van der Waals surface area contributed by atoms with Crippen molar-refractivity contribution >= 4 is 0 Å². The molecular weight excluding hydrogens is 235 g/mol. The Kier molecular flexibility index (Phi) is 4.57. The predicted octanol–water partition coefficient (Wildman–Crippen LogP) is 1.73. The summed E-state index contributed by atoms with van der Waals surface area (Å²) in [7, 11) is 0. The normalized spacial score (nSPS) is 18.2. The van der Waals surface area contributed by atoms with Gasteiger partial charge in [0.1, 0.15) is 17.7 Å². The van der Waals surface area contributed by atoms with Crippen LogP contribution in [0.15, 0.2) is 18.2 Å². The zero-order chi connectivity index (χ0) is 12.8. The van der Waals surface area contributed by atoms with Crippen molar-refractivity contribution in [1.29, 1.82) is 0 Å². The zero-order valence-electron chi connectivity index (χ0n) is 9.99. The lowest BCUT2D eigenvalue weighted by Gasteiger charge is -2.11. The third kappa shape index (κ3) is 3.73. The number of hydrogen-bond donors (Lipinski definition) is 1. The van der Waals surface area contributed by atoms with Crippen LogP contribution in [0.5, 0.6) is 5.75 Å². The van der Waals surface area contributed by atoms with Gasteiger partial charge in [-0.05, 0) is 12.1 Å². The van der Waals surface area contributed by atoms with Gasteiger partial charge in [0.25, 0.3) is 0 Å². The Morgan fingerprint density at radius 1 is 1.44 bits per heavy atom. The number of halogens is 1. The summed E-state index contributed by atoms with van der Waals surface area (Å²) in [6, 6.07) is 4.39. The van der Waals surface area contributed by atoms with Crippen molar-refractivity contribution < 1.29 is 19.0 Å². The van der Waals surface area contributed by atoms with Crippen LogP contribution in [0, 0.1) is 17.7 Å². The van der Waals surface area contributed by atoms with Crippen LogP contribution in [-0.4, -0.2) is 31.0 Å². The lowest BCUT2D eigenvalue weighted by molar-refractivity contribution is 0.141. The average Bonchev–Trinajstić information content (AvgIpc) is 2.81. The van der Waals surface area contributed by atoms with Crippen LogP contribution < -0.4 is 4.74 Å². The first-order valence-corrected chi connectivity index (χ1v) is 5.92. The van der Waals surface area contributed by atoms with Crippen LogP contribution in [0.2, 0.25) is 0 Å². The molecule has 1 fully saturated rings. The molecule has 3 nitrogen and oxygen atoms in total. The molecule has 1 aromatic carbocycles. The lowest BCUT2D eigenvalue weighted by atomic mass is 10.2. The molecule has 4 heteroatoms. The van der Waals surface area contributed by atoms with E-state index < -0.39 is 0 Å². The Hall–Kier alpha value is -1.57. The van der Waals surface area contributed by atoms with Crippen LogP contribution >= 0.6 is 0 Å². The van der Waals surface area contributed by atoms with Crippen molar-refractivity contribution in [3.05, 3.63) is 29.6 Å². The Morgan fingerprint density at radius 3 is 3.06 bits per heavy atom. The third-order valence-electron chi connectivity index (χ3n) is 2.53. The summed E-state index contributed by atoms with van der Waals surface area (Å²) in [5.74, 6) is 5.64. The summed E-state index contributed by atoms with van der Waals surface area (Å²) in [6.45, 7) is 1.23. The topological polar surface area (TPSA) is 38.7 Å². The molecule has 0 spiro atoms. The molecule has 18 heavy (non-hydrogen) atoms. The standard InChI is InChI=1S/C14H15FO3/c15-12-7-11(3-1-2-5-16)8-14(9-12)18-13-4-6-17-10-13/h7-9,13,16H,2,4-6,10H2. The summed E-state index contributed by atoms with van der Waals surface area (Å²) in [5, 5.41) is 8.63. The van der Waals surface area contributed by atoms with E-state index >= 15 is 0 Å². The van der Waals surface area contributed by atoms with E-state index in [2.05, 4.69) is 11.8 Å². The molecule has 0 radical (unpaired) electrons. The van der Waals surface area contributed by atoms with E-state index in [4.69, 9.17) is 14.6 Å². The molecule has 0 aromatic heterocycles. The first-order chi connectivity index (χ1) is 8.78. The molecule has 1 N–H and O–H groups in total. The Bertz CT molecular complexity index is 456. The number of ether oxygens (including phenoxy) is 2. The molecule has 0 aliphatic carbocycles. The maximum absolute atomic E-state index is 13.4. The SMILES string of the molecule is OCCC#Cc1cc(F)cc(OC2CCOC2)c1. The van der Waals surface area contributed by atoms with Crippen molar-refractivity contribution in [2.24, 2.45) is 0 Å². The van der Waals surface area contributed by atoms with Gasteiger partial charge in [0.05, 0.1) is 19.8 Å². The van der Waals surface area contributed by atoms with Crippen molar-refractivity contribution in [2.45, 2.75) is 18.9 Å². The highest BCUT2D eigenvalue weighted by atomic mass is 19.1. The molecule has 1 unspecified atom stereocenters. The van der Waals surface area contributed by atoms with Gasteiger partial charge < -0.3 is 14.6 Å². The predicted molar refractivity (Wildman–Crippen MR) is 64.8 cm³/mol. The molecule has 2 rings (SSSR count). The molecule has 1 atom stereocenters. The van der Waals surface area contributed by atoms with Crippen LogP contribution in [-0.2, 0) is 4.74 Å². The van der Waals surface area contributed by atoms with Crippen LogP contribution in [0.25, 0.3) is 0 Å². The molecule has 1 saturated heterocycles. The van der Waals surface area contributed by atoms with E-state index in [-0.39, 0.29) is 18.5 Å². The highest BCUT2D eigenvalue weighted by Gasteiger charge is 2.17. The fourth-order valence-electron chi connectivity index (χ4n) is 1.72. The number of aliphatic hydroxyl groups excluding tert-OH is 1. The maximum Gasteiger partial charge on any atom is 0.128 e. The molecule has 0 saturated carbocycles. The second kappa shape index (κ2) is 6.39. The Labute approximate surface area is 106 Å². The fraction of sp³-hybridized carbons (Fsp3) is 0.429. The number of hydrogen-bond acceptors (Lipinski definition) is 3. The average molecular weight is 250 g/mol. The largest absolute Gasteiger partial charge is 0.488 e. The second-order valence-electron chi connectivity index (χ2n) is 4.05. The summed E-state index contributed by atoms with van der Waals surface area (Å²) in [5.41, 5.74) is 0.553. The molecule has 1 aliphatic rings. The van der Waals surface area contributed by atoms with Gasteiger partial charge in [-0.2, -0.15) is 0 Å². The van der Waals surface area contributed by atoms with Gasteiger partial charge in [0.15, 0.2) is 0 Å². The summed E-state index contributed by atoms with van der Waals surface area (Å²) < 4.78 is 24.2. The molecule has 1 aromatic rings. The zero-order valence-corrected chi connectivity index (χ0v) is 9.99. The Morgan fingerprint density at radius 2 is 2.33 bits per heavy atom. The maximum atomic E-state index is 13.4. The van der Waals surface area contributed by atoms with Gasteiger partial charge in [0.2, 0.25) is 0 Å². The second-order valence-corrected chi connectivity index (χ2v) is 4.05. The van der Waals surface area contributed by atoms with Crippen molar-refractivity contribution in [1.82, 2.24) is 0 Å². The smallest absolute Gasteiger partial charge is 0.128 e. The number of rotatable bonds is 3. The molecule has 1 heterocycles. The number of benzene rings is 1. The minimum Gasteiger partial charge on any atom is -0.488 e. The minimum atomic E-state index is -0.375. The first kappa shape index (κ1) is 12.9. The number of aliphatic hydroxyl groups is 1. The minimum absolute atomic E-state index is 0.00505. The van der Waals surface area contributed by atoms with Crippen molar-refractivity contribution in [3.8, 4) is 17.6 Å². The van der Waals surface area contributed by atoms with Crippen molar-refractivity contribution in [3.63, 3.8) is 0 Å². The summed E-state index contributed by atoms with van der Waals surface area (Å²) in [4.78, 5) is 0. The third-order valence-corrected chi connectivity index (χ3v) is 2.53. The molecule has 1 aliphatic heterocycles. The molecular formula is C14H15FO3. The van der Waals surface area contributed by atoms with Crippen LogP contribution in [0.4, 0.5) is 4.39 Å². The first-order valence-electron chi connectivity index (χ1n) is 5.92. The van der Waals surface area contributed by atoms with E-state index in [0.29, 0.717) is 30.9 Å². The van der Waals surface area contributed by atoms with Gasteiger partial charge in [-0.3, -0.25) is 0 Å². The van der Waals surface area contributed by atoms with Gasteiger partial charge >= 0.3 is 0 Å². The van der Waals surface area contributed by atoms with E-state index in [9.17, 15) is 4.39 Å². The summed E-state index contributed by atoms with van der Waals surface area (Å²) in [6.07, 6.45) is 1.19. The Balaban J connectivity index is 2.08. The van der Waals surface area contributed by atoms with E-state index in [1.165, 1.54) is 12.1 Å². The van der Waals surface area contributed by atoms with Gasteiger partial charge in [-0.1, -0.05) is 11.8 Å². The van der Waals surface area contributed by atoms with Crippen LogP contribution in [0.3, 0.4) is 0 Å². The monoisotopic (exact) mass is 250 g/mol. The molecule has 96 valence electrons. The highest BCUT2D eigenvalue weighted by Crippen LogP contribution is 2.20. The van der Waals surface area contributed by atoms with E-state index in [0.717, 1.165) is 6.42 Å². The highest BCUT2D eigenvalue weighted by molar-refractivity contribution is 5.40. The molecule has 0 bridgehead atoms.